The van der Waals surface area contributed by atoms with Crippen LogP contribution in [0.3, 0.4) is 0 Å². The van der Waals surface area contributed by atoms with Crippen LogP contribution in [0, 0.1) is 5.82 Å². The van der Waals surface area contributed by atoms with Crippen LogP contribution in [0.15, 0.2) is 30.7 Å². The van der Waals surface area contributed by atoms with E-state index in [-0.39, 0.29) is 16.1 Å². The van der Waals surface area contributed by atoms with Crippen molar-refractivity contribution in [2.45, 2.75) is 0 Å². The van der Waals surface area contributed by atoms with E-state index >= 15 is 4.39 Å². The van der Waals surface area contributed by atoms with E-state index in [0.29, 0.717) is 34.4 Å². The topological polar surface area (TPSA) is 95.4 Å². The van der Waals surface area contributed by atoms with E-state index in [0.717, 1.165) is 0 Å². The fourth-order valence-corrected chi connectivity index (χ4v) is 3.40. The van der Waals surface area contributed by atoms with E-state index in [2.05, 4.69) is 20.5 Å². The molecular formula is C18H14ClFN6O2. The van der Waals surface area contributed by atoms with Crippen molar-refractivity contribution in [3.63, 3.8) is 0 Å². The molecule has 0 fully saturated rings. The molecule has 0 bridgehead atoms. The fourth-order valence-electron chi connectivity index (χ4n) is 3.09. The average molecular weight is 401 g/mol. The molecule has 3 aromatic heterocycles. The van der Waals surface area contributed by atoms with Gasteiger partial charge in [0, 0.05) is 36.8 Å². The molecule has 0 spiro atoms. The van der Waals surface area contributed by atoms with Crippen molar-refractivity contribution in [1.29, 1.82) is 0 Å². The minimum absolute atomic E-state index is 0.160. The lowest BCUT2D eigenvalue weighted by atomic mass is 9.99. The van der Waals surface area contributed by atoms with Crippen LogP contribution in [0.1, 0.15) is 10.4 Å². The highest BCUT2D eigenvalue weighted by atomic mass is 35.5. The predicted molar refractivity (Wildman–Crippen MR) is 103 cm³/mol. The first kappa shape index (κ1) is 17.9. The molecule has 3 heterocycles. The maximum Gasteiger partial charge on any atom is 0.258 e. The number of pyridine rings is 1. The number of fused-ring (bicyclic) bond motifs is 2. The average Bonchev–Trinajstić information content (AvgIpc) is 3.28. The first-order valence-electron chi connectivity index (χ1n) is 8.17. The summed E-state index contributed by atoms with van der Waals surface area (Å²) in [5, 5.41) is 9.49. The molecule has 2 amide bonds. The van der Waals surface area contributed by atoms with Crippen molar-refractivity contribution in [2.24, 2.45) is 0 Å². The molecule has 0 aliphatic rings. The van der Waals surface area contributed by atoms with Gasteiger partial charge in [0.25, 0.3) is 5.91 Å². The van der Waals surface area contributed by atoms with Gasteiger partial charge < -0.3 is 14.6 Å². The van der Waals surface area contributed by atoms with Gasteiger partial charge in [-0.15, -0.1) is 0 Å². The molecule has 0 radical (unpaired) electrons. The molecule has 0 atom stereocenters. The van der Waals surface area contributed by atoms with Crippen LogP contribution in [-0.4, -0.2) is 50.9 Å². The maximum absolute atomic E-state index is 15.1. The molecule has 28 heavy (non-hydrogen) atoms. The molecule has 0 unspecified atom stereocenters. The zero-order chi connectivity index (χ0) is 20.0. The van der Waals surface area contributed by atoms with Gasteiger partial charge in [-0.1, -0.05) is 11.6 Å². The SMILES string of the molecule is CN(C)C(=O)c1c(F)c(Cl)c(-c2ccc3nc(NC=O)cn3c2)c2cn[nH]c12. The summed E-state index contributed by atoms with van der Waals surface area (Å²) in [5.41, 5.74) is 1.70. The number of hydrogen-bond acceptors (Lipinski definition) is 4. The summed E-state index contributed by atoms with van der Waals surface area (Å²) in [6, 6.07) is 3.44. The number of nitrogens with zero attached hydrogens (tertiary/aromatic N) is 4. The number of halogens is 2. The third kappa shape index (κ3) is 2.67. The Labute approximate surface area is 162 Å². The van der Waals surface area contributed by atoms with Crippen molar-refractivity contribution in [3.8, 4) is 11.1 Å². The number of amides is 2. The Morgan fingerprint density at radius 3 is 2.86 bits per heavy atom. The molecular weight excluding hydrogens is 387 g/mol. The van der Waals surface area contributed by atoms with E-state index in [4.69, 9.17) is 11.6 Å². The summed E-state index contributed by atoms with van der Waals surface area (Å²) in [4.78, 5) is 28.6. The molecule has 0 saturated heterocycles. The Hall–Kier alpha value is -3.46. The Bertz CT molecular complexity index is 1250. The van der Waals surface area contributed by atoms with Gasteiger partial charge in [-0.05, 0) is 12.1 Å². The minimum atomic E-state index is -0.818. The standard InChI is InChI=1S/C18H14ClFN6O2/c1-25(2)18(28)14-16(20)15(19)13(10-5-22-24-17(10)14)9-3-4-12-23-11(21-8-27)7-26(12)6-9/h3-8H,1-2H3,(H,21,27)(H,22,24). The summed E-state index contributed by atoms with van der Waals surface area (Å²) < 4.78 is 16.8. The highest BCUT2D eigenvalue weighted by Gasteiger charge is 2.26. The lowest BCUT2D eigenvalue weighted by molar-refractivity contribution is -0.105. The minimum Gasteiger partial charge on any atom is -0.345 e. The van der Waals surface area contributed by atoms with Crippen LogP contribution in [0.2, 0.25) is 5.02 Å². The van der Waals surface area contributed by atoms with E-state index in [1.165, 1.54) is 25.2 Å². The number of carbonyl (C=O) groups excluding carboxylic acids is 2. The molecule has 0 aliphatic carbocycles. The largest absolute Gasteiger partial charge is 0.345 e. The van der Waals surface area contributed by atoms with E-state index in [9.17, 15) is 9.59 Å². The number of nitrogens with one attached hydrogen (secondary N) is 2. The van der Waals surface area contributed by atoms with Gasteiger partial charge >= 0.3 is 0 Å². The lowest BCUT2D eigenvalue weighted by Crippen LogP contribution is -2.23. The van der Waals surface area contributed by atoms with Crippen molar-refractivity contribution in [2.75, 3.05) is 19.4 Å². The Balaban J connectivity index is 1.97. The summed E-state index contributed by atoms with van der Waals surface area (Å²) in [6.07, 6.45) is 5.36. The maximum atomic E-state index is 15.1. The van der Waals surface area contributed by atoms with Gasteiger partial charge in [-0.3, -0.25) is 14.7 Å². The van der Waals surface area contributed by atoms with Crippen molar-refractivity contribution >= 4 is 46.3 Å². The number of rotatable bonds is 4. The van der Waals surface area contributed by atoms with Crippen LogP contribution >= 0.6 is 11.6 Å². The summed E-state index contributed by atoms with van der Waals surface area (Å²) >= 11 is 6.35. The van der Waals surface area contributed by atoms with Crippen LogP contribution in [0.4, 0.5) is 10.2 Å². The normalized spacial score (nSPS) is 11.1. The monoisotopic (exact) mass is 400 g/mol. The number of aromatic nitrogens is 4. The third-order valence-electron chi connectivity index (χ3n) is 4.36. The first-order chi connectivity index (χ1) is 13.4. The zero-order valence-electron chi connectivity index (χ0n) is 14.8. The number of aromatic amines is 1. The quantitative estimate of drug-likeness (QED) is 0.515. The highest BCUT2D eigenvalue weighted by molar-refractivity contribution is 6.36. The van der Waals surface area contributed by atoms with Crippen LogP contribution in [-0.2, 0) is 4.79 Å². The van der Waals surface area contributed by atoms with Gasteiger partial charge in [0.05, 0.1) is 22.9 Å². The predicted octanol–water partition coefficient (Wildman–Crippen LogP) is 2.94. The molecule has 1 aromatic carbocycles. The van der Waals surface area contributed by atoms with E-state index < -0.39 is 11.7 Å². The van der Waals surface area contributed by atoms with Gasteiger partial charge in [-0.2, -0.15) is 5.10 Å². The molecule has 4 aromatic rings. The van der Waals surface area contributed by atoms with Crippen molar-refractivity contribution in [3.05, 3.63) is 47.1 Å². The van der Waals surface area contributed by atoms with Crippen molar-refractivity contribution in [1.82, 2.24) is 24.5 Å². The fraction of sp³-hybridized carbons (Fsp3) is 0.111. The molecule has 2 N–H and O–H groups in total. The number of carbonyl (C=O) groups is 2. The summed E-state index contributed by atoms with van der Waals surface area (Å²) in [6.45, 7) is 0. The molecule has 0 aliphatic heterocycles. The molecule has 0 saturated carbocycles. The van der Waals surface area contributed by atoms with Gasteiger partial charge in [0.1, 0.15) is 11.2 Å². The van der Waals surface area contributed by atoms with Crippen LogP contribution in [0.5, 0.6) is 0 Å². The molecule has 142 valence electrons. The number of H-pyrrole nitrogens is 1. The molecule has 8 nitrogen and oxygen atoms in total. The Morgan fingerprint density at radius 1 is 1.36 bits per heavy atom. The van der Waals surface area contributed by atoms with Gasteiger partial charge in [-0.25, -0.2) is 9.37 Å². The highest BCUT2D eigenvalue weighted by Crippen LogP contribution is 2.39. The Kier molecular flexibility index (Phi) is 4.23. The second kappa shape index (κ2) is 6.61. The number of benzene rings is 1. The van der Waals surface area contributed by atoms with Gasteiger partial charge in [0.15, 0.2) is 11.6 Å². The van der Waals surface area contributed by atoms with Crippen LogP contribution in [0.25, 0.3) is 27.7 Å². The second-order valence-electron chi connectivity index (χ2n) is 6.31. The first-order valence-corrected chi connectivity index (χ1v) is 8.55. The van der Waals surface area contributed by atoms with Crippen molar-refractivity contribution < 1.29 is 14.0 Å². The number of hydrogen-bond donors (Lipinski definition) is 2. The Morgan fingerprint density at radius 2 is 2.14 bits per heavy atom. The summed E-state index contributed by atoms with van der Waals surface area (Å²) in [5.74, 6) is -0.958. The summed E-state index contributed by atoms with van der Waals surface area (Å²) in [7, 11) is 3.06. The van der Waals surface area contributed by atoms with Gasteiger partial charge in [0.2, 0.25) is 6.41 Å². The van der Waals surface area contributed by atoms with E-state index in [1.54, 1.807) is 28.9 Å². The van der Waals surface area contributed by atoms with Crippen LogP contribution < -0.4 is 5.32 Å². The smallest absolute Gasteiger partial charge is 0.258 e. The van der Waals surface area contributed by atoms with E-state index in [1.807, 2.05) is 0 Å². The second-order valence-corrected chi connectivity index (χ2v) is 6.69. The molecule has 10 heteroatoms. The zero-order valence-corrected chi connectivity index (χ0v) is 15.6. The lowest BCUT2D eigenvalue weighted by Gasteiger charge is -2.15. The number of imidazole rings is 1. The number of anilines is 1. The molecule has 4 rings (SSSR count). The third-order valence-corrected chi connectivity index (χ3v) is 4.71.